The van der Waals surface area contributed by atoms with Gasteiger partial charge in [-0.25, -0.2) is 4.79 Å². The molecule has 1 N–H and O–H groups in total. The van der Waals surface area contributed by atoms with Gasteiger partial charge in [0.05, 0.1) is 18.8 Å². The summed E-state index contributed by atoms with van der Waals surface area (Å²) in [7, 11) is 0. The number of allylic oxidation sites excluding steroid dienone is 1. The molecular weight excluding hydrogens is 320 g/mol. The molecule has 1 fully saturated rings. The van der Waals surface area contributed by atoms with Crippen LogP contribution in [0.2, 0.25) is 0 Å². The first-order valence-corrected chi connectivity index (χ1v) is 9.16. The van der Waals surface area contributed by atoms with E-state index in [-0.39, 0.29) is 24.1 Å². The molecule has 1 aliphatic rings. The predicted molar refractivity (Wildman–Crippen MR) is 103 cm³/mol. The van der Waals surface area contributed by atoms with Crippen LogP contribution in [0.15, 0.2) is 25.3 Å². The van der Waals surface area contributed by atoms with E-state index < -0.39 is 0 Å². The van der Waals surface area contributed by atoms with E-state index in [0.717, 1.165) is 32.1 Å². The van der Waals surface area contributed by atoms with E-state index in [1.165, 1.54) is 6.08 Å². The summed E-state index contributed by atoms with van der Waals surface area (Å²) in [6, 6.07) is 0. The fraction of sp³-hybridized carbons (Fsp3) is 0.700. The third-order valence-electron chi connectivity index (χ3n) is 2.86. The second-order valence-corrected chi connectivity index (χ2v) is 5.13. The standard InChI is InChI=1S/C10H18O3.C6H10O2.C2H6.C2H4/c1-3-13-10(12)8-6-4-5-7-9(2)11;1-5-3-2-4-6(7)8-5;2*1-2/h6,8-9,11H,3-5,7H2,1-2H3;5H,2-4H2,1H3;1-2H3;1-2H2/b8-6+;;;/t9-;5-;;/m00../s1. The Morgan fingerprint density at radius 3 is 2.44 bits per heavy atom. The monoisotopic (exact) mass is 358 g/mol. The molecule has 1 saturated heterocycles. The highest BCUT2D eigenvalue weighted by molar-refractivity contribution is 5.81. The van der Waals surface area contributed by atoms with Gasteiger partial charge in [-0.3, -0.25) is 4.79 Å². The van der Waals surface area contributed by atoms with Crippen LogP contribution in [0, 0.1) is 0 Å². The van der Waals surface area contributed by atoms with Gasteiger partial charge in [0.1, 0.15) is 0 Å². The number of cyclic esters (lactones) is 1. The molecule has 0 spiro atoms. The molecule has 2 atom stereocenters. The Bertz CT molecular complexity index is 337. The van der Waals surface area contributed by atoms with Crippen LogP contribution in [0.3, 0.4) is 0 Å². The van der Waals surface area contributed by atoms with Gasteiger partial charge in [-0.1, -0.05) is 19.9 Å². The third kappa shape index (κ3) is 24.7. The molecule has 5 heteroatoms. The number of carbonyl (C=O) groups excluding carboxylic acids is 2. The quantitative estimate of drug-likeness (QED) is 0.325. The summed E-state index contributed by atoms with van der Waals surface area (Å²) in [5, 5.41) is 8.93. The van der Waals surface area contributed by atoms with Crippen molar-refractivity contribution in [3.8, 4) is 0 Å². The van der Waals surface area contributed by atoms with Crippen molar-refractivity contribution in [2.24, 2.45) is 0 Å². The lowest BCUT2D eigenvalue weighted by Crippen LogP contribution is -2.19. The van der Waals surface area contributed by atoms with Crippen LogP contribution in [-0.2, 0) is 19.1 Å². The first kappa shape index (κ1) is 28.2. The minimum atomic E-state index is -0.292. The van der Waals surface area contributed by atoms with Crippen LogP contribution in [0.5, 0.6) is 0 Å². The smallest absolute Gasteiger partial charge is 0.330 e. The van der Waals surface area contributed by atoms with Crippen molar-refractivity contribution < 1.29 is 24.2 Å². The van der Waals surface area contributed by atoms with Crippen molar-refractivity contribution in [1.29, 1.82) is 0 Å². The highest BCUT2D eigenvalue weighted by atomic mass is 16.5. The largest absolute Gasteiger partial charge is 0.463 e. The molecule has 5 nitrogen and oxygen atoms in total. The van der Waals surface area contributed by atoms with E-state index >= 15 is 0 Å². The molecule has 148 valence electrons. The molecular formula is C20H38O5. The Labute approximate surface area is 154 Å². The van der Waals surface area contributed by atoms with E-state index in [2.05, 4.69) is 13.2 Å². The fourth-order valence-electron chi connectivity index (χ4n) is 1.78. The Kier molecular flexibility index (Phi) is 25.2. The molecule has 0 aromatic carbocycles. The summed E-state index contributed by atoms with van der Waals surface area (Å²) in [5.41, 5.74) is 0. The topological polar surface area (TPSA) is 72.8 Å². The van der Waals surface area contributed by atoms with E-state index in [1.54, 1.807) is 19.9 Å². The molecule has 1 aliphatic heterocycles. The zero-order valence-electron chi connectivity index (χ0n) is 16.8. The lowest BCUT2D eigenvalue weighted by Gasteiger charge is -2.17. The summed E-state index contributed by atoms with van der Waals surface area (Å²) in [5.74, 6) is -0.330. The molecule has 1 rings (SSSR count). The summed E-state index contributed by atoms with van der Waals surface area (Å²) < 4.78 is 9.54. The van der Waals surface area contributed by atoms with Crippen molar-refractivity contribution in [1.82, 2.24) is 0 Å². The molecule has 0 aromatic heterocycles. The van der Waals surface area contributed by atoms with Crippen LogP contribution in [0.25, 0.3) is 0 Å². The predicted octanol–water partition coefficient (Wildman–Crippen LogP) is 4.59. The second-order valence-electron chi connectivity index (χ2n) is 5.13. The normalized spacial score (nSPS) is 16.7. The van der Waals surface area contributed by atoms with Crippen LogP contribution in [0.4, 0.5) is 0 Å². The number of esters is 2. The number of aliphatic hydroxyl groups is 1. The first-order valence-electron chi connectivity index (χ1n) is 9.16. The van der Waals surface area contributed by atoms with Crippen LogP contribution < -0.4 is 0 Å². The summed E-state index contributed by atoms with van der Waals surface area (Å²) in [4.78, 5) is 21.2. The van der Waals surface area contributed by atoms with E-state index in [1.807, 2.05) is 20.8 Å². The molecule has 0 aliphatic carbocycles. The lowest BCUT2D eigenvalue weighted by atomic mass is 10.1. The highest BCUT2D eigenvalue weighted by Crippen LogP contribution is 2.12. The Morgan fingerprint density at radius 2 is 2.04 bits per heavy atom. The van der Waals surface area contributed by atoms with Crippen LogP contribution >= 0.6 is 0 Å². The average molecular weight is 359 g/mol. The van der Waals surface area contributed by atoms with Gasteiger partial charge in [0.15, 0.2) is 0 Å². The van der Waals surface area contributed by atoms with Crippen molar-refractivity contribution in [2.45, 2.75) is 85.4 Å². The summed E-state index contributed by atoms with van der Waals surface area (Å²) in [6.07, 6.45) is 8.25. The van der Waals surface area contributed by atoms with Gasteiger partial charge in [-0.05, 0) is 52.9 Å². The van der Waals surface area contributed by atoms with E-state index in [9.17, 15) is 9.59 Å². The molecule has 0 bridgehead atoms. The average Bonchev–Trinajstić information content (AvgIpc) is 2.58. The van der Waals surface area contributed by atoms with E-state index in [4.69, 9.17) is 14.6 Å². The minimum absolute atomic E-state index is 0.0382. The number of unbranched alkanes of at least 4 members (excludes halogenated alkanes) is 1. The summed E-state index contributed by atoms with van der Waals surface area (Å²) >= 11 is 0. The van der Waals surface area contributed by atoms with Gasteiger partial charge in [-0.2, -0.15) is 0 Å². The second kappa shape index (κ2) is 22.4. The maximum Gasteiger partial charge on any atom is 0.330 e. The fourth-order valence-corrected chi connectivity index (χ4v) is 1.78. The maximum absolute atomic E-state index is 10.8. The number of rotatable bonds is 6. The van der Waals surface area contributed by atoms with Gasteiger partial charge in [0.25, 0.3) is 0 Å². The maximum atomic E-state index is 10.8. The first-order chi connectivity index (χ1) is 12.0. The number of aliphatic hydroxyl groups excluding tert-OH is 1. The molecule has 25 heavy (non-hydrogen) atoms. The molecule has 0 saturated carbocycles. The van der Waals surface area contributed by atoms with Crippen LogP contribution in [-0.4, -0.2) is 35.9 Å². The Hall–Kier alpha value is -1.62. The van der Waals surface area contributed by atoms with Crippen molar-refractivity contribution in [3.63, 3.8) is 0 Å². The molecule has 0 unspecified atom stereocenters. The molecule has 0 amide bonds. The molecule has 0 aromatic rings. The minimum Gasteiger partial charge on any atom is -0.463 e. The van der Waals surface area contributed by atoms with Crippen molar-refractivity contribution in [2.75, 3.05) is 6.61 Å². The summed E-state index contributed by atoms with van der Waals surface area (Å²) in [6.45, 7) is 15.9. The number of carbonyl (C=O) groups is 2. The number of ether oxygens (including phenoxy) is 2. The Morgan fingerprint density at radius 1 is 1.44 bits per heavy atom. The van der Waals surface area contributed by atoms with E-state index in [0.29, 0.717) is 13.0 Å². The van der Waals surface area contributed by atoms with Gasteiger partial charge < -0.3 is 14.6 Å². The zero-order chi connectivity index (χ0) is 20.1. The highest BCUT2D eigenvalue weighted by Gasteiger charge is 2.14. The van der Waals surface area contributed by atoms with Gasteiger partial charge >= 0.3 is 11.9 Å². The number of hydrogen-bond donors (Lipinski definition) is 1. The SMILES string of the molecule is C=C.CC.CCOC(=O)/C=C/CCC[C@H](C)O.C[C@H]1CCCC(=O)O1. The van der Waals surface area contributed by atoms with Crippen molar-refractivity contribution in [3.05, 3.63) is 25.3 Å². The van der Waals surface area contributed by atoms with Gasteiger partial charge in [0.2, 0.25) is 0 Å². The van der Waals surface area contributed by atoms with Gasteiger partial charge in [0, 0.05) is 12.5 Å². The third-order valence-corrected chi connectivity index (χ3v) is 2.86. The lowest BCUT2D eigenvalue weighted by molar-refractivity contribution is -0.152. The Balaban J connectivity index is -0.000000343. The molecule has 1 heterocycles. The van der Waals surface area contributed by atoms with Crippen molar-refractivity contribution >= 4 is 11.9 Å². The number of hydrogen-bond acceptors (Lipinski definition) is 5. The van der Waals surface area contributed by atoms with Gasteiger partial charge in [-0.15, -0.1) is 13.2 Å². The molecule has 0 radical (unpaired) electrons. The zero-order valence-corrected chi connectivity index (χ0v) is 16.8. The van der Waals surface area contributed by atoms with Crippen LogP contribution in [0.1, 0.15) is 73.1 Å².